The summed E-state index contributed by atoms with van der Waals surface area (Å²) in [6.07, 6.45) is 14.3. The van der Waals surface area contributed by atoms with E-state index in [9.17, 15) is 0 Å². The summed E-state index contributed by atoms with van der Waals surface area (Å²) >= 11 is 24.6. The predicted molar refractivity (Wildman–Crippen MR) is 150 cm³/mol. The Morgan fingerprint density at radius 1 is 0.595 bits per heavy atom. The first kappa shape index (κ1) is 25.0. The van der Waals surface area contributed by atoms with Crippen LogP contribution in [-0.4, -0.2) is 19.6 Å². The predicted octanol–water partition coefficient (Wildman–Crippen LogP) is 7.46. The number of hydrogen-bond acceptors (Lipinski definition) is 2. The molecule has 0 unspecified atom stereocenters. The van der Waals surface area contributed by atoms with Crippen molar-refractivity contribution in [3.8, 4) is 11.4 Å². The molecular weight excluding hydrogens is 582 g/mol. The summed E-state index contributed by atoms with van der Waals surface area (Å²) in [5, 5.41) is 11.1. The zero-order valence-corrected chi connectivity index (χ0v) is 24.0. The van der Waals surface area contributed by atoms with Crippen molar-refractivity contribution in [2.75, 3.05) is 0 Å². The van der Waals surface area contributed by atoms with Gasteiger partial charge in [0.1, 0.15) is 0 Å². The van der Waals surface area contributed by atoms with E-state index in [4.69, 9.17) is 56.6 Å². The number of para-hydroxylation sites is 2. The van der Waals surface area contributed by atoms with Gasteiger partial charge in [-0.1, -0.05) is 0 Å². The Kier molecular flexibility index (Phi) is 6.83. The first-order valence-corrected chi connectivity index (χ1v) is 16.4. The van der Waals surface area contributed by atoms with Gasteiger partial charge in [-0.05, 0) is 0 Å². The van der Waals surface area contributed by atoms with E-state index in [2.05, 4.69) is 36.5 Å². The molecule has 2 aliphatic rings. The number of halogens is 4. The maximum atomic E-state index is 7.24. The third-order valence-corrected chi connectivity index (χ3v) is 17.0. The van der Waals surface area contributed by atoms with E-state index in [1.807, 2.05) is 60.7 Å². The van der Waals surface area contributed by atoms with Crippen LogP contribution in [0, 0.1) is 0 Å². The number of benzene rings is 2. The quantitative estimate of drug-likeness (QED) is 0.215. The molecule has 0 fully saturated rings. The van der Waals surface area contributed by atoms with Gasteiger partial charge in [-0.3, -0.25) is 0 Å². The zero-order chi connectivity index (χ0) is 25.6. The molecule has 0 N–H and O–H groups in total. The molecule has 0 aliphatic heterocycles. The van der Waals surface area contributed by atoms with Crippen LogP contribution < -0.4 is 7.74 Å². The van der Waals surface area contributed by atoms with Gasteiger partial charge in [-0.2, -0.15) is 0 Å². The molecule has 9 heteroatoms. The number of hydrogen-bond donors (Lipinski definition) is 0. The van der Waals surface area contributed by atoms with Crippen molar-refractivity contribution in [2.45, 2.75) is 12.8 Å². The molecule has 2 aromatic heterocycles. The van der Waals surface area contributed by atoms with Gasteiger partial charge in [-0.25, -0.2) is 0 Å². The second-order valence-electron chi connectivity index (χ2n) is 8.81. The average molecular weight is 602 g/mol. The van der Waals surface area contributed by atoms with Crippen LogP contribution in [0.4, 0.5) is 0 Å². The molecule has 4 nitrogen and oxygen atoms in total. The molecule has 0 spiro atoms. The van der Waals surface area contributed by atoms with Gasteiger partial charge in [0.05, 0.1) is 0 Å². The van der Waals surface area contributed by atoms with Crippen LogP contribution in [0.25, 0.3) is 11.4 Å². The van der Waals surface area contributed by atoms with Crippen LogP contribution in [0.1, 0.15) is 12.8 Å². The minimum absolute atomic E-state index is 0.356. The van der Waals surface area contributed by atoms with Crippen molar-refractivity contribution in [1.29, 1.82) is 0 Å². The molecule has 0 saturated heterocycles. The fraction of sp³-hybridized carbons (Fsp3) is 0.0714. The SMILES string of the molecule is Clc1nn(-c2ccccc2)c(Cl)[c]1[Ti]([C]1=CC=CC1)([C]1=CC=CC1)[c]1c(Cl)nn(-c2ccccc2)c1Cl. The summed E-state index contributed by atoms with van der Waals surface area (Å²) in [5.74, 6) is 0. The number of rotatable bonds is 6. The third kappa shape index (κ3) is 4.03. The maximum absolute atomic E-state index is 7.24. The third-order valence-electron chi connectivity index (χ3n) is 6.83. The van der Waals surface area contributed by atoms with Crippen molar-refractivity contribution >= 4 is 54.1 Å². The van der Waals surface area contributed by atoms with Gasteiger partial charge in [0, 0.05) is 0 Å². The van der Waals surface area contributed by atoms with Gasteiger partial charge < -0.3 is 0 Å². The van der Waals surface area contributed by atoms with Crippen LogP contribution in [0.15, 0.2) is 105 Å². The summed E-state index contributed by atoms with van der Waals surface area (Å²) < 4.78 is 7.48. The van der Waals surface area contributed by atoms with Crippen molar-refractivity contribution in [2.24, 2.45) is 0 Å². The van der Waals surface area contributed by atoms with E-state index in [1.165, 1.54) is 7.76 Å². The molecule has 184 valence electrons. The summed E-state index contributed by atoms with van der Waals surface area (Å²) in [4.78, 5) is 0. The van der Waals surface area contributed by atoms with Gasteiger partial charge in [0.15, 0.2) is 0 Å². The van der Waals surface area contributed by atoms with Crippen molar-refractivity contribution in [1.82, 2.24) is 19.6 Å². The molecule has 2 aliphatic carbocycles. The van der Waals surface area contributed by atoms with Crippen LogP contribution in [0.2, 0.25) is 20.6 Å². The Labute approximate surface area is 238 Å². The Balaban J connectivity index is 1.70. The van der Waals surface area contributed by atoms with E-state index in [0.717, 1.165) is 32.0 Å². The molecule has 0 bridgehead atoms. The first-order valence-electron chi connectivity index (χ1n) is 11.8. The van der Waals surface area contributed by atoms with Gasteiger partial charge in [0.25, 0.3) is 0 Å². The summed E-state index contributed by atoms with van der Waals surface area (Å²) in [5.41, 5.74) is 1.65. The fourth-order valence-corrected chi connectivity index (χ4v) is 16.3. The molecule has 0 radical (unpaired) electrons. The normalized spacial score (nSPS) is 14.9. The van der Waals surface area contributed by atoms with E-state index in [-0.39, 0.29) is 0 Å². The number of allylic oxidation sites excluding steroid dienone is 8. The van der Waals surface area contributed by atoms with Crippen LogP contribution >= 0.6 is 46.4 Å². The molecule has 4 aromatic rings. The van der Waals surface area contributed by atoms with E-state index in [0.29, 0.717) is 20.6 Å². The Morgan fingerprint density at radius 3 is 1.35 bits per heavy atom. The average Bonchev–Trinajstić information content (AvgIpc) is 3.73. The van der Waals surface area contributed by atoms with Crippen LogP contribution in [0.5, 0.6) is 0 Å². The molecule has 6 rings (SSSR count). The monoisotopic (exact) mass is 600 g/mol. The number of aromatic nitrogens is 4. The van der Waals surface area contributed by atoms with Gasteiger partial charge in [-0.15, -0.1) is 0 Å². The molecule has 37 heavy (non-hydrogen) atoms. The Bertz CT molecular complexity index is 1490. The summed E-state index contributed by atoms with van der Waals surface area (Å²) in [6, 6.07) is 19.5. The van der Waals surface area contributed by atoms with Crippen molar-refractivity contribution in [3.05, 3.63) is 125 Å². The summed E-state index contributed by atoms with van der Waals surface area (Å²) in [6.45, 7) is 0. The topological polar surface area (TPSA) is 35.6 Å². The van der Waals surface area contributed by atoms with Crippen LogP contribution in [-0.2, 0) is 16.6 Å². The molecule has 0 atom stereocenters. The van der Waals surface area contributed by atoms with Crippen molar-refractivity contribution in [3.63, 3.8) is 0 Å². The molecule has 0 amide bonds. The Hall–Kier alpha value is -2.31. The minimum atomic E-state index is -3.95. The van der Waals surface area contributed by atoms with Crippen molar-refractivity contribution < 1.29 is 16.6 Å². The molecule has 2 aromatic carbocycles. The second-order valence-corrected chi connectivity index (χ2v) is 16.1. The van der Waals surface area contributed by atoms with E-state index >= 15 is 0 Å². The fourth-order valence-electron chi connectivity index (χ4n) is 5.27. The summed E-state index contributed by atoms with van der Waals surface area (Å²) in [7, 11) is 0. The standard InChI is InChI=1S/2C9H5Cl2N2.2C5H5.Ti/c2*10-8-6-9(11)13(12-8)7-4-2-1-3-5-7;2*1-2-4-5-3-1;/h2*1-5H;2*1-3H,4H2;. The van der Waals surface area contributed by atoms with E-state index in [1.54, 1.807) is 9.36 Å². The zero-order valence-electron chi connectivity index (χ0n) is 19.5. The molecule has 2 heterocycles. The van der Waals surface area contributed by atoms with Crippen LogP contribution in [0.3, 0.4) is 0 Å². The number of nitrogens with zero attached hydrogens (tertiary/aromatic N) is 4. The van der Waals surface area contributed by atoms with Gasteiger partial charge in [0.2, 0.25) is 0 Å². The Morgan fingerprint density at radius 2 is 1.00 bits per heavy atom. The molecular formula is C28H20Cl4N4Ti. The van der Waals surface area contributed by atoms with E-state index < -0.39 is 16.6 Å². The molecule has 0 saturated carbocycles. The first-order chi connectivity index (χ1) is 18.0. The van der Waals surface area contributed by atoms with Gasteiger partial charge >= 0.3 is 240 Å². The second kappa shape index (κ2) is 10.1.